The molecule has 1 aromatic carbocycles. The van der Waals surface area contributed by atoms with E-state index in [1.54, 1.807) is 12.1 Å². The number of aromatic carboxylic acids is 1. The van der Waals surface area contributed by atoms with Crippen LogP contribution in [0.1, 0.15) is 22.8 Å². The number of carbonyl (C=O) groups is 3. The highest BCUT2D eigenvalue weighted by Crippen LogP contribution is 2.27. The molecule has 0 radical (unpaired) electrons. The highest BCUT2D eigenvalue weighted by atomic mass is 16.4. The van der Waals surface area contributed by atoms with Crippen LogP contribution < -0.4 is 0 Å². The molecule has 1 atom stereocenters. The van der Waals surface area contributed by atoms with Crippen molar-refractivity contribution in [2.45, 2.75) is 12.5 Å². The number of hydrogen-bond acceptors (Lipinski definition) is 5. The first-order chi connectivity index (χ1) is 9.50. The number of carbonyl (C=O) groups excluding carboxylic acids is 2. The predicted molar refractivity (Wildman–Crippen MR) is 65.9 cm³/mol. The van der Waals surface area contributed by atoms with E-state index in [2.05, 4.69) is 10.3 Å². The minimum atomic E-state index is -1.13. The van der Waals surface area contributed by atoms with Gasteiger partial charge in [-0.3, -0.25) is 14.5 Å². The summed E-state index contributed by atoms with van der Waals surface area (Å²) in [7, 11) is 1.39. The Bertz CT molecular complexity index is 751. The van der Waals surface area contributed by atoms with Crippen molar-refractivity contribution in [1.82, 2.24) is 19.9 Å². The lowest BCUT2D eigenvalue weighted by Gasteiger charge is -2.10. The van der Waals surface area contributed by atoms with E-state index >= 15 is 0 Å². The molecule has 1 fully saturated rings. The Balaban J connectivity index is 2.21. The molecule has 8 heteroatoms. The number of imide groups is 1. The number of hydrogen-bond donors (Lipinski definition) is 1. The molecule has 1 aliphatic heterocycles. The summed E-state index contributed by atoms with van der Waals surface area (Å²) in [5.41, 5.74) is 0.628. The smallest absolute Gasteiger partial charge is 0.337 e. The summed E-state index contributed by atoms with van der Waals surface area (Å²) in [6.07, 6.45) is -0.0399. The van der Waals surface area contributed by atoms with Gasteiger partial charge in [0.1, 0.15) is 17.1 Å². The van der Waals surface area contributed by atoms with Crippen LogP contribution >= 0.6 is 0 Å². The lowest BCUT2D eigenvalue weighted by Crippen LogP contribution is -2.27. The van der Waals surface area contributed by atoms with Gasteiger partial charge in [-0.15, -0.1) is 5.10 Å². The van der Waals surface area contributed by atoms with Crippen LogP contribution in [-0.2, 0) is 9.59 Å². The monoisotopic (exact) mass is 274 g/mol. The molecule has 0 aliphatic carbocycles. The van der Waals surface area contributed by atoms with E-state index in [1.165, 1.54) is 17.8 Å². The number of fused-ring (bicyclic) bond motifs is 1. The quantitative estimate of drug-likeness (QED) is 0.776. The normalized spacial score (nSPS) is 19.1. The van der Waals surface area contributed by atoms with E-state index < -0.39 is 17.9 Å². The zero-order valence-corrected chi connectivity index (χ0v) is 10.5. The van der Waals surface area contributed by atoms with E-state index in [-0.39, 0.29) is 23.4 Å². The van der Waals surface area contributed by atoms with E-state index in [0.29, 0.717) is 5.52 Å². The first-order valence-electron chi connectivity index (χ1n) is 5.88. The Morgan fingerprint density at radius 1 is 1.40 bits per heavy atom. The highest BCUT2D eigenvalue weighted by Gasteiger charge is 2.39. The molecule has 2 heterocycles. The second-order valence-corrected chi connectivity index (χ2v) is 4.52. The van der Waals surface area contributed by atoms with Crippen LogP contribution in [0.3, 0.4) is 0 Å². The number of carboxylic acids is 1. The van der Waals surface area contributed by atoms with Crippen molar-refractivity contribution >= 4 is 28.8 Å². The van der Waals surface area contributed by atoms with Gasteiger partial charge >= 0.3 is 5.97 Å². The number of likely N-dealkylation sites (tertiary alicyclic amines) is 1. The summed E-state index contributed by atoms with van der Waals surface area (Å²) in [5, 5.41) is 16.9. The van der Waals surface area contributed by atoms with Crippen molar-refractivity contribution < 1.29 is 19.5 Å². The minimum Gasteiger partial charge on any atom is -0.478 e. The Kier molecular flexibility index (Phi) is 2.53. The third-order valence-electron chi connectivity index (χ3n) is 3.38. The number of likely N-dealkylation sites (N-methyl/N-ethyl adjacent to an activating group) is 1. The predicted octanol–water partition coefficient (Wildman–Crippen LogP) is 0.0593. The molecule has 2 aromatic rings. The van der Waals surface area contributed by atoms with Crippen LogP contribution in [0.4, 0.5) is 0 Å². The Morgan fingerprint density at radius 3 is 2.75 bits per heavy atom. The van der Waals surface area contributed by atoms with Gasteiger partial charge in [-0.25, -0.2) is 9.48 Å². The first kappa shape index (κ1) is 12.3. The summed E-state index contributed by atoms with van der Waals surface area (Å²) in [5.74, 6) is -1.87. The van der Waals surface area contributed by atoms with Crippen LogP contribution in [0.2, 0.25) is 0 Å². The third-order valence-corrected chi connectivity index (χ3v) is 3.38. The van der Waals surface area contributed by atoms with Gasteiger partial charge < -0.3 is 5.11 Å². The Hall–Kier alpha value is -2.77. The molecule has 2 amide bonds. The van der Waals surface area contributed by atoms with E-state index in [0.717, 1.165) is 4.90 Å². The Labute approximate surface area is 112 Å². The van der Waals surface area contributed by atoms with Crippen molar-refractivity contribution in [3.63, 3.8) is 0 Å². The number of amides is 2. The fourth-order valence-electron chi connectivity index (χ4n) is 2.31. The number of rotatable bonds is 2. The SMILES string of the molecule is CN1C(=O)CC(n2nnc3cccc(C(=O)O)c32)C1=O. The van der Waals surface area contributed by atoms with Crippen LogP contribution in [0.15, 0.2) is 18.2 Å². The zero-order chi connectivity index (χ0) is 14.4. The second-order valence-electron chi connectivity index (χ2n) is 4.52. The molecule has 8 nitrogen and oxygen atoms in total. The summed E-state index contributed by atoms with van der Waals surface area (Å²) in [6, 6.07) is 3.74. The molecule has 0 spiro atoms. The maximum Gasteiger partial charge on any atom is 0.337 e. The van der Waals surface area contributed by atoms with Gasteiger partial charge in [0.25, 0.3) is 5.91 Å². The fraction of sp³-hybridized carbons (Fsp3) is 0.250. The number of nitrogens with zero attached hydrogens (tertiary/aromatic N) is 4. The largest absolute Gasteiger partial charge is 0.478 e. The topological polar surface area (TPSA) is 105 Å². The van der Waals surface area contributed by atoms with Crippen molar-refractivity contribution in [3.05, 3.63) is 23.8 Å². The van der Waals surface area contributed by atoms with Gasteiger partial charge in [-0.05, 0) is 12.1 Å². The molecule has 1 saturated heterocycles. The van der Waals surface area contributed by atoms with Crippen LogP contribution in [0, 0.1) is 0 Å². The number of aromatic nitrogens is 3. The maximum atomic E-state index is 12.0. The molecule has 102 valence electrons. The zero-order valence-electron chi connectivity index (χ0n) is 10.5. The van der Waals surface area contributed by atoms with E-state index in [1.807, 2.05) is 0 Å². The van der Waals surface area contributed by atoms with Gasteiger partial charge in [0.05, 0.1) is 12.0 Å². The van der Waals surface area contributed by atoms with Crippen LogP contribution in [0.25, 0.3) is 11.0 Å². The molecular formula is C12H10N4O4. The molecule has 0 bridgehead atoms. The molecule has 1 unspecified atom stereocenters. The highest BCUT2D eigenvalue weighted by molar-refractivity contribution is 6.06. The van der Waals surface area contributed by atoms with Gasteiger partial charge in [0.15, 0.2) is 0 Å². The Morgan fingerprint density at radius 2 is 2.15 bits per heavy atom. The average molecular weight is 274 g/mol. The van der Waals surface area contributed by atoms with E-state index in [4.69, 9.17) is 0 Å². The standard InChI is InChI=1S/C12H10N4O4/c1-15-9(17)5-8(11(15)18)16-10-6(12(19)20)3-2-4-7(10)13-14-16/h2-4,8H,5H2,1H3,(H,19,20). The molecule has 20 heavy (non-hydrogen) atoms. The summed E-state index contributed by atoms with van der Waals surface area (Å²) < 4.78 is 1.22. The lowest BCUT2D eigenvalue weighted by atomic mass is 10.1. The van der Waals surface area contributed by atoms with Gasteiger partial charge in [0.2, 0.25) is 5.91 Å². The third kappa shape index (κ3) is 1.58. The number of carboxylic acid groups (broad SMARTS) is 1. The number of para-hydroxylation sites is 1. The maximum absolute atomic E-state index is 12.0. The van der Waals surface area contributed by atoms with Crippen LogP contribution in [-0.4, -0.2) is 49.8 Å². The van der Waals surface area contributed by atoms with Gasteiger partial charge in [0, 0.05) is 7.05 Å². The molecule has 1 N–H and O–H groups in total. The van der Waals surface area contributed by atoms with E-state index in [9.17, 15) is 19.5 Å². The molecule has 1 aromatic heterocycles. The minimum absolute atomic E-state index is 0.00213. The second kappa shape index (κ2) is 4.12. The summed E-state index contributed by atoms with van der Waals surface area (Å²) in [4.78, 5) is 35.9. The van der Waals surface area contributed by atoms with Crippen molar-refractivity contribution in [1.29, 1.82) is 0 Å². The van der Waals surface area contributed by atoms with Crippen LogP contribution in [0.5, 0.6) is 0 Å². The summed E-state index contributed by atoms with van der Waals surface area (Å²) >= 11 is 0. The van der Waals surface area contributed by atoms with Crippen molar-refractivity contribution in [2.24, 2.45) is 0 Å². The fourth-order valence-corrected chi connectivity index (χ4v) is 2.31. The van der Waals surface area contributed by atoms with Gasteiger partial charge in [-0.1, -0.05) is 11.3 Å². The van der Waals surface area contributed by atoms with Crippen molar-refractivity contribution in [2.75, 3.05) is 7.05 Å². The van der Waals surface area contributed by atoms with Crippen molar-refractivity contribution in [3.8, 4) is 0 Å². The number of benzene rings is 1. The summed E-state index contributed by atoms with van der Waals surface area (Å²) in [6.45, 7) is 0. The molecule has 0 saturated carbocycles. The molecule has 3 rings (SSSR count). The lowest BCUT2D eigenvalue weighted by molar-refractivity contribution is -0.137. The van der Waals surface area contributed by atoms with Gasteiger partial charge in [-0.2, -0.15) is 0 Å². The first-order valence-corrected chi connectivity index (χ1v) is 5.88. The molecule has 1 aliphatic rings. The molecular weight excluding hydrogens is 264 g/mol. The average Bonchev–Trinajstić information content (AvgIpc) is 2.95.